The van der Waals surface area contributed by atoms with Gasteiger partial charge < -0.3 is 10.6 Å². The number of nitriles is 1. The minimum atomic E-state index is -4.10. The molecule has 1 unspecified atom stereocenters. The zero-order valence-corrected chi connectivity index (χ0v) is 16.8. The van der Waals surface area contributed by atoms with E-state index in [9.17, 15) is 32.0 Å². The van der Waals surface area contributed by atoms with Crippen LogP contribution in [-0.2, 0) is 19.6 Å². The van der Waals surface area contributed by atoms with Gasteiger partial charge in [0, 0.05) is 24.2 Å². The molecular weight excluding hydrogens is 418 g/mol. The van der Waals surface area contributed by atoms with Crippen LogP contribution < -0.4 is 15.4 Å². The summed E-state index contributed by atoms with van der Waals surface area (Å²) in [5, 5.41) is 13.9. The van der Waals surface area contributed by atoms with Gasteiger partial charge in [0.2, 0.25) is 21.8 Å². The highest BCUT2D eigenvalue weighted by molar-refractivity contribution is 7.89. The van der Waals surface area contributed by atoms with E-state index in [-0.39, 0.29) is 16.4 Å². The maximum absolute atomic E-state index is 13.9. The number of hydrogen-bond donors (Lipinski definition) is 3. The molecule has 0 aliphatic rings. The van der Waals surface area contributed by atoms with Crippen molar-refractivity contribution < 1.29 is 26.8 Å². The fraction of sp³-hybridized carbons (Fsp3) is 0.211. The van der Waals surface area contributed by atoms with E-state index in [0.717, 1.165) is 12.1 Å². The monoisotopic (exact) mass is 436 g/mol. The molecule has 0 bridgehead atoms. The number of nitrogens with zero attached hydrogens (tertiary/aromatic N) is 1. The van der Waals surface area contributed by atoms with Gasteiger partial charge >= 0.3 is 0 Å². The van der Waals surface area contributed by atoms with E-state index in [2.05, 4.69) is 15.4 Å². The van der Waals surface area contributed by atoms with Crippen LogP contribution in [0.1, 0.15) is 25.5 Å². The van der Waals surface area contributed by atoms with Crippen molar-refractivity contribution in [3.8, 4) is 6.07 Å². The highest BCUT2D eigenvalue weighted by Crippen LogP contribution is 2.18. The number of rotatable bonds is 7. The predicted molar refractivity (Wildman–Crippen MR) is 103 cm³/mol. The summed E-state index contributed by atoms with van der Waals surface area (Å²) in [6.07, 6.45) is 0. The van der Waals surface area contributed by atoms with E-state index in [1.54, 1.807) is 6.07 Å². The van der Waals surface area contributed by atoms with Crippen molar-refractivity contribution >= 4 is 27.5 Å². The summed E-state index contributed by atoms with van der Waals surface area (Å²) in [6.45, 7) is 2.55. The zero-order valence-electron chi connectivity index (χ0n) is 15.9. The van der Waals surface area contributed by atoms with Crippen molar-refractivity contribution in [2.45, 2.75) is 30.8 Å². The van der Waals surface area contributed by atoms with Crippen LogP contribution in [0.2, 0.25) is 0 Å². The third-order valence-corrected chi connectivity index (χ3v) is 5.46. The van der Waals surface area contributed by atoms with Gasteiger partial charge in [-0.2, -0.15) is 9.98 Å². The summed E-state index contributed by atoms with van der Waals surface area (Å²) in [5.41, 5.74) is 0.140. The normalized spacial score (nSPS) is 13.0. The van der Waals surface area contributed by atoms with Crippen molar-refractivity contribution in [1.82, 2.24) is 10.0 Å². The molecule has 0 radical (unpaired) electrons. The van der Waals surface area contributed by atoms with E-state index in [4.69, 9.17) is 0 Å². The van der Waals surface area contributed by atoms with Gasteiger partial charge in [0.05, 0.1) is 17.0 Å². The Hall–Kier alpha value is -3.36. The quantitative estimate of drug-likeness (QED) is 0.611. The topological polar surface area (TPSA) is 128 Å². The van der Waals surface area contributed by atoms with Gasteiger partial charge in [-0.05, 0) is 37.3 Å². The van der Waals surface area contributed by atoms with E-state index >= 15 is 0 Å². The molecule has 0 spiro atoms. The molecule has 0 heterocycles. The number of sulfonamides is 1. The fourth-order valence-corrected chi connectivity index (χ4v) is 3.66. The molecule has 0 aliphatic carbocycles. The molecule has 0 saturated carbocycles. The average Bonchev–Trinajstić information content (AvgIpc) is 2.66. The van der Waals surface area contributed by atoms with Gasteiger partial charge in [0.15, 0.2) is 0 Å². The molecule has 0 fully saturated rings. The Kier molecular flexibility index (Phi) is 7.20. The molecular formula is C19H18F2N4O4S. The SMILES string of the molecule is CC(=O)Nc1ccc(S(=O)(=O)N[C@@H](C)C(=O)NC(C#N)c2ccc(F)cc2F)cc1. The fourth-order valence-electron chi connectivity index (χ4n) is 2.46. The number of carbonyl (C=O) groups excluding carboxylic acids is 2. The Morgan fingerprint density at radius 2 is 1.73 bits per heavy atom. The molecule has 0 aliphatic heterocycles. The van der Waals surface area contributed by atoms with Crippen molar-refractivity contribution in [2.24, 2.45) is 0 Å². The van der Waals surface area contributed by atoms with Crippen LogP contribution in [0.25, 0.3) is 0 Å². The lowest BCUT2D eigenvalue weighted by Gasteiger charge is -2.18. The van der Waals surface area contributed by atoms with Crippen LogP contribution in [0.5, 0.6) is 0 Å². The summed E-state index contributed by atoms with van der Waals surface area (Å²) < 4.78 is 53.9. The second kappa shape index (κ2) is 9.43. The van der Waals surface area contributed by atoms with Crippen LogP contribution in [0.4, 0.5) is 14.5 Å². The van der Waals surface area contributed by atoms with E-state index in [1.807, 2.05) is 0 Å². The van der Waals surface area contributed by atoms with Crippen molar-refractivity contribution in [3.05, 3.63) is 59.7 Å². The average molecular weight is 436 g/mol. The summed E-state index contributed by atoms with van der Waals surface area (Å²) in [5.74, 6) is -3.07. The van der Waals surface area contributed by atoms with Crippen LogP contribution in [0, 0.1) is 23.0 Å². The summed E-state index contributed by atoms with van der Waals surface area (Å²) in [6, 6.07) is 6.69. The number of anilines is 1. The van der Waals surface area contributed by atoms with Crippen LogP contribution in [-0.4, -0.2) is 26.3 Å². The van der Waals surface area contributed by atoms with Crippen LogP contribution in [0.3, 0.4) is 0 Å². The summed E-state index contributed by atoms with van der Waals surface area (Å²) in [7, 11) is -4.10. The highest BCUT2D eigenvalue weighted by atomic mass is 32.2. The molecule has 2 aromatic carbocycles. The first kappa shape index (κ1) is 22.9. The molecule has 2 amide bonds. The highest BCUT2D eigenvalue weighted by Gasteiger charge is 2.25. The Bertz CT molecular complexity index is 1100. The number of carbonyl (C=O) groups is 2. The van der Waals surface area contributed by atoms with Crippen LogP contribution in [0.15, 0.2) is 47.4 Å². The molecule has 158 valence electrons. The molecule has 0 aromatic heterocycles. The molecule has 2 rings (SSSR count). The molecule has 2 atom stereocenters. The van der Waals surface area contributed by atoms with Gasteiger partial charge in [-0.25, -0.2) is 17.2 Å². The second-order valence-corrected chi connectivity index (χ2v) is 8.00. The van der Waals surface area contributed by atoms with E-state index < -0.39 is 39.6 Å². The molecule has 2 aromatic rings. The summed E-state index contributed by atoms with van der Waals surface area (Å²) >= 11 is 0. The van der Waals surface area contributed by atoms with Gasteiger partial charge in [0.25, 0.3) is 0 Å². The van der Waals surface area contributed by atoms with Gasteiger partial charge in [-0.15, -0.1) is 0 Å². The smallest absolute Gasteiger partial charge is 0.241 e. The third-order valence-electron chi connectivity index (χ3n) is 3.90. The number of benzene rings is 2. The van der Waals surface area contributed by atoms with Crippen molar-refractivity contribution in [1.29, 1.82) is 5.26 Å². The van der Waals surface area contributed by atoms with Gasteiger partial charge in [0.1, 0.15) is 17.7 Å². The van der Waals surface area contributed by atoms with E-state index in [0.29, 0.717) is 11.8 Å². The standard InChI is InChI=1S/C19H18F2N4O4S/c1-11(19(27)24-18(10-22)16-8-3-13(20)9-17(16)21)25-30(28,29)15-6-4-14(5-7-15)23-12(2)26/h3-9,11,18,25H,1-2H3,(H,23,26)(H,24,27)/t11-,18?/m0/s1. The Morgan fingerprint density at radius 3 is 2.27 bits per heavy atom. The van der Waals surface area contributed by atoms with Crippen LogP contribution >= 0.6 is 0 Å². The lowest BCUT2D eigenvalue weighted by atomic mass is 10.1. The Morgan fingerprint density at radius 1 is 1.10 bits per heavy atom. The molecule has 30 heavy (non-hydrogen) atoms. The predicted octanol–water partition coefficient (Wildman–Crippen LogP) is 1.97. The maximum atomic E-state index is 13.9. The Balaban J connectivity index is 2.09. The van der Waals surface area contributed by atoms with Gasteiger partial charge in [-0.1, -0.05) is 6.07 Å². The molecule has 3 N–H and O–H groups in total. The minimum absolute atomic E-state index is 0.155. The molecule has 8 nitrogen and oxygen atoms in total. The number of halogens is 2. The Labute approximate surface area is 172 Å². The van der Waals surface area contributed by atoms with Gasteiger partial charge in [-0.3, -0.25) is 9.59 Å². The largest absolute Gasteiger partial charge is 0.335 e. The molecule has 0 saturated heterocycles. The first-order chi connectivity index (χ1) is 14.0. The first-order valence-corrected chi connectivity index (χ1v) is 10.1. The lowest BCUT2D eigenvalue weighted by Crippen LogP contribution is -2.45. The third kappa shape index (κ3) is 5.82. The lowest BCUT2D eigenvalue weighted by molar-refractivity contribution is -0.122. The van der Waals surface area contributed by atoms with Crippen molar-refractivity contribution in [3.63, 3.8) is 0 Å². The number of hydrogen-bond acceptors (Lipinski definition) is 5. The number of amides is 2. The van der Waals surface area contributed by atoms with Crippen molar-refractivity contribution in [2.75, 3.05) is 5.32 Å². The maximum Gasteiger partial charge on any atom is 0.241 e. The molecule has 11 heteroatoms. The van der Waals surface area contributed by atoms with E-state index in [1.165, 1.54) is 38.1 Å². The number of nitrogens with one attached hydrogen (secondary N) is 3. The first-order valence-electron chi connectivity index (χ1n) is 8.58. The minimum Gasteiger partial charge on any atom is -0.335 e. The second-order valence-electron chi connectivity index (χ2n) is 6.29. The summed E-state index contributed by atoms with van der Waals surface area (Å²) in [4.78, 5) is 23.2. The zero-order chi connectivity index (χ0) is 22.5.